The van der Waals surface area contributed by atoms with Gasteiger partial charge in [-0.1, -0.05) is 0 Å². The van der Waals surface area contributed by atoms with E-state index >= 15 is 0 Å². The van der Waals surface area contributed by atoms with E-state index in [1.807, 2.05) is 25.7 Å². The minimum absolute atomic E-state index is 0.0678. The van der Waals surface area contributed by atoms with Crippen molar-refractivity contribution >= 4 is 5.91 Å². The molecule has 1 atom stereocenters. The molecule has 1 rings (SSSR count). The fraction of sp³-hybridized carbons (Fsp3) is 0.923. The minimum atomic E-state index is -0.299. The summed E-state index contributed by atoms with van der Waals surface area (Å²) < 4.78 is 11.0. The second-order valence-electron chi connectivity index (χ2n) is 5.42. The molecule has 0 aliphatic carbocycles. The predicted octanol–water partition coefficient (Wildman–Crippen LogP) is 0.638. The highest BCUT2D eigenvalue weighted by molar-refractivity contribution is 5.76. The molecule has 1 aliphatic rings. The van der Waals surface area contributed by atoms with Crippen molar-refractivity contribution < 1.29 is 14.3 Å². The van der Waals surface area contributed by atoms with E-state index in [9.17, 15) is 4.79 Å². The van der Waals surface area contributed by atoms with Crippen molar-refractivity contribution in [2.45, 2.75) is 38.9 Å². The average molecular weight is 258 g/mol. The van der Waals surface area contributed by atoms with Crippen LogP contribution in [-0.2, 0) is 14.3 Å². The monoisotopic (exact) mass is 258 g/mol. The molecule has 5 nitrogen and oxygen atoms in total. The molecule has 0 aromatic heterocycles. The van der Waals surface area contributed by atoms with E-state index in [1.54, 1.807) is 7.11 Å². The highest BCUT2D eigenvalue weighted by Crippen LogP contribution is 2.11. The lowest BCUT2D eigenvalue weighted by Crippen LogP contribution is -2.47. The number of amides is 1. The lowest BCUT2D eigenvalue weighted by Gasteiger charge is -2.29. The van der Waals surface area contributed by atoms with Gasteiger partial charge in [0.1, 0.15) is 0 Å². The van der Waals surface area contributed by atoms with E-state index in [1.165, 1.54) is 0 Å². The van der Waals surface area contributed by atoms with Gasteiger partial charge in [0.05, 0.1) is 24.7 Å². The van der Waals surface area contributed by atoms with Crippen LogP contribution in [-0.4, -0.2) is 62.4 Å². The van der Waals surface area contributed by atoms with Crippen molar-refractivity contribution in [1.82, 2.24) is 10.2 Å². The first-order valence-corrected chi connectivity index (χ1v) is 6.60. The summed E-state index contributed by atoms with van der Waals surface area (Å²) in [5, 5.41) is 3.23. The number of ether oxygens (including phenoxy) is 2. The van der Waals surface area contributed by atoms with Crippen molar-refractivity contribution in [3.63, 3.8) is 0 Å². The molecule has 0 spiro atoms. The molecule has 0 saturated carbocycles. The van der Waals surface area contributed by atoms with Crippen molar-refractivity contribution in [2.24, 2.45) is 0 Å². The van der Waals surface area contributed by atoms with Crippen LogP contribution in [0, 0.1) is 0 Å². The van der Waals surface area contributed by atoms with Gasteiger partial charge in [-0.3, -0.25) is 4.79 Å². The molecule has 1 unspecified atom stereocenters. The van der Waals surface area contributed by atoms with Gasteiger partial charge in [-0.2, -0.15) is 0 Å². The van der Waals surface area contributed by atoms with Crippen LogP contribution in [0.1, 0.15) is 27.2 Å². The Morgan fingerprint density at radius 2 is 2.00 bits per heavy atom. The molecule has 0 aromatic rings. The maximum Gasteiger partial charge on any atom is 0.225 e. The Kier molecular flexibility index (Phi) is 6.05. The van der Waals surface area contributed by atoms with Gasteiger partial charge < -0.3 is 19.7 Å². The van der Waals surface area contributed by atoms with Crippen LogP contribution in [0.2, 0.25) is 0 Å². The summed E-state index contributed by atoms with van der Waals surface area (Å²) in [7, 11) is 1.67. The summed E-state index contributed by atoms with van der Waals surface area (Å²) in [5.74, 6) is 0.180. The summed E-state index contributed by atoms with van der Waals surface area (Å²) in [6, 6.07) is 0. The molecule has 106 valence electrons. The number of carbonyl (C=O) groups is 1. The highest BCUT2D eigenvalue weighted by Gasteiger charge is 2.22. The fourth-order valence-corrected chi connectivity index (χ4v) is 1.75. The molecule has 1 N–H and O–H groups in total. The molecule has 1 aliphatic heterocycles. The summed E-state index contributed by atoms with van der Waals surface area (Å²) >= 11 is 0. The molecule has 1 heterocycles. The van der Waals surface area contributed by atoms with Gasteiger partial charge in [-0.15, -0.1) is 0 Å². The molecule has 0 aromatic carbocycles. The van der Waals surface area contributed by atoms with Crippen molar-refractivity contribution in [2.75, 3.05) is 39.9 Å². The first kappa shape index (κ1) is 15.4. The zero-order valence-corrected chi connectivity index (χ0v) is 12.0. The van der Waals surface area contributed by atoms with Crippen molar-refractivity contribution in [3.8, 4) is 0 Å². The van der Waals surface area contributed by atoms with Gasteiger partial charge in [-0.05, 0) is 20.8 Å². The third-order valence-corrected chi connectivity index (χ3v) is 3.20. The van der Waals surface area contributed by atoms with Crippen LogP contribution < -0.4 is 5.32 Å². The van der Waals surface area contributed by atoms with E-state index in [-0.39, 0.29) is 17.6 Å². The first-order chi connectivity index (χ1) is 8.44. The number of carbonyl (C=O) groups excluding carboxylic acids is 1. The molecular formula is C13H26N2O3. The van der Waals surface area contributed by atoms with Crippen LogP contribution in [0.3, 0.4) is 0 Å². The molecule has 18 heavy (non-hydrogen) atoms. The quantitative estimate of drug-likeness (QED) is 0.759. The van der Waals surface area contributed by atoms with Gasteiger partial charge in [0.2, 0.25) is 5.91 Å². The summed E-state index contributed by atoms with van der Waals surface area (Å²) in [4.78, 5) is 13.9. The van der Waals surface area contributed by atoms with Gasteiger partial charge in [0.15, 0.2) is 0 Å². The third-order valence-electron chi connectivity index (χ3n) is 3.20. The zero-order valence-electron chi connectivity index (χ0n) is 12.0. The lowest BCUT2D eigenvalue weighted by atomic mass is 10.1. The van der Waals surface area contributed by atoms with Crippen molar-refractivity contribution in [3.05, 3.63) is 0 Å². The normalized spacial score (nSPS) is 18.8. The molecule has 1 amide bonds. The Morgan fingerprint density at radius 1 is 1.39 bits per heavy atom. The number of hydrogen-bond acceptors (Lipinski definition) is 4. The Morgan fingerprint density at radius 3 is 2.56 bits per heavy atom. The number of methoxy groups -OCH3 is 1. The molecule has 1 saturated heterocycles. The number of nitrogens with zero attached hydrogens (tertiary/aromatic N) is 1. The Hall–Kier alpha value is -0.650. The average Bonchev–Trinajstić information content (AvgIpc) is 2.37. The Balaban J connectivity index is 2.26. The largest absolute Gasteiger partial charge is 0.376 e. The van der Waals surface area contributed by atoms with Gasteiger partial charge in [0.25, 0.3) is 0 Å². The number of nitrogens with one attached hydrogen (secondary N) is 1. The van der Waals surface area contributed by atoms with Crippen molar-refractivity contribution in [1.29, 1.82) is 0 Å². The maximum absolute atomic E-state index is 12.0. The summed E-state index contributed by atoms with van der Waals surface area (Å²) in [5.41, 5.74) is -0.299. The molecule has 0 radical (unpaired) electrons. The zero-order chi connectivity index (χ0) is 13.6. The van der Waals surface area contributed by atoms with E-state index in [0.717, 1.165) is 26.2 Å². The van der Waals surface area contributed by atoms with Gasteiger partial charge in [-0.25, -0.2) is 0 Å². The SMILES string of the molecule is COC(C)(C)COC(C)CC(=O)N1CCNCC1. The lowest BCUT2D eigenvalue weighted by molar-refractivity contribution is -0.136. The van der Waals surface area contributed by atoms with E-state index in [2.05, 4.69) is 5.32 Å². The standard InChI is InChI=1S/C13H26N2O3/c1-11(18-10-13(2,3)17-4)9-12(16)15-7-5-14-6-8-15/h11,14H,5-10H2,1-4H3. The van der Waals surface area contributed by atoms with Gasteiger partial charge >= 0.3 is 0 Å². The maximum atomic E-state index is 12.0. The second-order valence-corrected chi connectivity index (χ2v) is 5.42. The van der Waals surface area contributed by atoms with E-state index < -0.39 is 0 Å². The topological polar surface area (TPSA) is 50.8 Å². The Labute approximate surface area is 110 Å². The van der Waals surface area contributed by atoms with E-state index in [4.69, 9.17) is 9.47 Å². The number of piperazine rings is 1. The third kappa shape index (κ3) is 5.33. The molecule has 1 fully saturated rings. The smallest absolute Gasteiger partial charge is 0.225 e. The van der Waals surface area contributed by atoms with Crippen LogP contribution >= 0.6 is 0 Å². The van der Waals surface area contributed by atoms with Gasteiger partial charge in [0, 0.05) is 33.3 Å². The van der Waals surface area contributed by atoms with E-state index in [0.29, 0.717) is 13.0 Å². The van der Waals surface area contributed by atoms with Crippen LogP contribution in [0.25, 0.3) is 0 Å². The minimum Gasteiger partial charge on any atom is -0.376 e. The second kappa shape index (κ2) is 7.07. The van der Waals surface area contributed by atoms with Crippen LogP contribution in [0.4, 0.5) is 0 Å². The number of rotatable bonds is 6. The summed E-state index contributed by atoms with van der Waals surface area (Å²) in [6.45, 7) is 9.75. The molecular weight excluding hydrogens is 232 g/mol. The Bertz CT molecular complexity index is 263. The predicted molar refractivity (Wildman–Crippen MR) is 70.6 cm³/mol. The summed E-state index contributed by atoms with van der Waals surface area (Å²) in [6.07, 6.45) is 0.376. The van der Waals surface area contributed by atoms with Crippen LogP contribution in [0.15, 0.2) is 0 Å². The molecule has 5 heteroatoms. The number of hydrogen-bond donors (Lipinski definition) is 1. The molecule has 0 bridgehead atoms. The first-order valence-electron chi connectivity index (χ1n) is 6.60. The highest BCUT2D eigenvalue weighted by atomic mass is 16.5. The van der Waals surface area contributed by atoms with Crippen LogP contribution in [0.5, 0.6) is 0 Å². The fourth-order valence-electron chi connectivity index (χ4n) is 1.75.